The Kier molecular flexibility index (Phi) is 6.12. The van der Waals surface area contributed by atoms with Crippen molar-refractivity contribution in [1.82, 2.24) is 19.5 Å². The van der Waals surface area contributed by atoms with Crippen LogP contribution >= 0.6 is 11.3 Å². The lowest BCUT2D eigenvalue weighted by Gasteiger charge is -2.34. The van der Waals surface area contributed by atoms with Gasteiger partial charge in [0.15, 0.2) is 0 Å². The van der Waals surface area contributed by atoms with Gasteiger partial charge in [0.1, 0.15) is 5.69 Å². The van der Waals surface area contributed by atoms with Gasteiger partial charge in [-0.25, -0.2) is 13.4 Å². The molecule has 1 fully saturated rings. The second-order valence-corrected chi connectivity index (χ2v) is 9.39. The van der Waals surface area contributed by atoms with Crippen molar-refractivity contribution in [2.75, 3.05) is 39.3 Å². The van der Waals surface area contributed by atoms with Crippen molar-refractivity contribution in [3.8, 4) is 0 Å². The smallest absolute Gasteiger partial charge is 0.270 e. The zero-order valence-electron chi connectivity index (χ0n) is 13.8. The van der Waals surface area contributed by atoms with E-state index in [4.69, 9.17) is 0 Å². The summed E-state index contributed by atoms with van der Waals surface area (Å²) in [6, 6.07) is 0. The quantitative estimate of drug-likeness (QED) is 0.800. The molecule has 1 saturated heterocycles. The van der Waals surface area contributed by atoms with Crippen LogP contribution in [0, 0.1) is 6.92 Å². The molecule has 2 heterocycles. The molecule has 0 atom stereocenters. The van der Waals surface area contributed by atoms with Crippen LogP contribution in [0.15, 0.2) is 5.38 Å². The molecule has 1 N–H and O–H groups in total. The van der Waals surface area contributed by atoms with Crippen LogP contribution in [0.2, 0.25) is 0 Å². The lowest BCUT2D eigenvalue weighted by atomic mass is 10.3. The van der Waals surface area contributed by atoms with Gasteiger partial charge in [-0.15, -0.1) is 11.3 Å². The van der Waals surface area contributed by atoms with E-state index in [1.54, 1.807) is 23.5 Å². The third-order valence-corrected chi connectivity index (χ3v) is 6.90. The van der Waals surface area contributed by atoms with Gasteiger partial charge in [-0.05, 0) is 20.8 Å². The zero-order chi connectivity index (χ0) is 17.0. The SMILES string of the molecule is Cc1nc(C(=O)NCCN2CCN(S(=O)(=O)C(C)C)CC2)cs1. The number of sulfonamides is 1. The molecule has 2 rings (SSSR count). The third-order valence-electron chi connectivity index (χ3n) is 3.85. The average Bonchev–Trinajstić information content (AvgIpc) is 2.94. The number of amides is 1. The highest BCUT2D eigenvalue weighted by molar-refractivity contribution is 7.89. The van der Waals surface area contributed by atoms with E-state index in [9.17, 15) is 13.2 Å². The highest BCUT2D eigenvalue weighted by atomic mass is 32.2. The van der Waals surface area contributed by atoms with Crippen LogP contribution < -0.4 is 5.32 Å². The maximum atomic E-state index is 12.1. The summed E-state index contributed by atoms with van der Waals surface area (Å²) >= 11 is 1.45. The molecule has 1 aliphatic rings. The first-order valence-electron chi connectivity index (χ1n) is 7.72. The molecule has 130 valence electrons. The van der Waals surface area contributed by atoms with Gasteiger partial charge in [0.05, 0.1) is 10.3 Å². The van der Waals surface area contributed by atoms with E-state index in [0.717, 1.165) is 5.01 Å². The van der Waals surface area contributed by atoms with E-state index in [1.165, 1.54) is 11.3 Å². The van der Waals surface area contributed by atoms with E-state index < -0.39 is 10.0 Å². The van der Waals surface area contributed by atoms with Gasteiger partial charge >= 0.3 is 0 Å². The molecule has 1 aliphatic heterocycles. The predicted octanol–water partition coefficient (Wildman–Crippen LogP) is 0.537. The summed E-state index contributed by atoms with van der Waals surface area (Å²) in [5, 5.41) is 5.09. The van der Waals surface area contributed by atoms with Crippen LogP contribution in [-0.4, -0.2) is 73.0 Å². The topological polar surface area (TPSA) is 82.6 Å². The van der Waals surface area contributed by atoms with Crippen molar-refractivity contribution in [1.29, 1.82) is 0 Å². The number of carbonyl (C=O) groups is 1. The molecule has 1 aromatic rings. The summed E-state index contributed by atoms with van der Waals surface area (Å²) in [5.74, 6) is -0.157. The Morgan fingerprint density at radius 2 is 2.00 bits per heavy atom. The normalized spacial score (nSPS) is 17.6. The number of aromatic nitrogens is 1. The maximum Gasteiger partial charge on any atom is 0.270 e. The summed E-state index contributed by atoms with van der Waals surface area (Å²) in [6.07, 6.45) is 0. The van der Waals surface area contributed by atoms with Gasteiger partial charge in [0, 0.05) is 44.6 Å². The number of hydrogen-bond acceptors (Lipinski definition) is 6. The van der Waals surface area contributed by atoms with E-state index in [-0.39, 0.29) is 11.2 Å². The fraction of sp³-hybridized carbons (Fsp3) is 0.714. The molecule has 1 aromatic heterocycles. The summed E-state index contributed by atoms with van der Waals surface area (Å²) < 4.78 is 25.8. The van der Waals surface area contributed by atoms with Gasteiger partial charge in [-0.3, -0.25) is 9.69 Å². The number of piperazine rings is 1. The third kappa shape index (κ3) is 4.72. The van der Waals surface area contributed by atoms with Crippen LogP contribution in [0.1, 0.15) is 29.3 Å². The van der Waals surface area contributed by atoms with E-state index in [2.05, 4.69) is 15.2 Å². The fourth-order valence-corrected chi connectivity index (χ4v) is 4.25. The highest BCUT2D eigenvalue weighted by Crippen LogP contribution is 2.12. The van der Waals surface area contributed by atoms with Crippen molar-refractivity contribution in [2.45, 2.75) is 26.0 Å². The van der Waals surface area contributed by atoms with Gasteiger partial charge in [0.2, 0.25) is 10.0 Å². The molecular weight excluding hydrogens is 336 g/mol. The molecule has 0 radical (unpaired) electrons. The molecule has 1 amide bonds. The van der Waals surface area contributed by atoms with Gasteiger partial charge in [0.25, 0.3) is 5.91 Å². The Bertz CT molecular complexity index is 634. The van der Waals surface area contributed by atoms with Crippen molar-refractivity contribution >= 4 is 27.3 Å². The van der Waals surface area contributed by atoms with Crippen LogP contribution in [0.25, 0.3) is 0 Å². The van der Waals surface area contributed by atoms with E-state index in [0.29, 0.717) is 45.0 Å². The highest BCUT2D eigenvalue weighted by Gasteiger charge is 2.29. The predicted molar refractivity (Wildman–Crippen MR) is 91.3 cm³/mol. The summed E-state index contributed by atoms with van der Waals surface area (Å²) in [4.78, 5) is 18.2. The minimum atomic E-state index is -3.16. The van der Waals surface area contributed by atoms with E-state index >= 15 is 0 Å². The van der Waals surface area contributed by atoms with Gasteiger partial charge in [-0.1, -0.05) is 0 Å². The van der Waals surface area contributed by atoms with Crippen molar-refractivity contribution < 1.29 is 13.2 Å². The van der Waals surface area contributed by atoms with Crippen LogP contribution in [0.4, 0.5) is 0 Å². The standard InChI is InChI=1S/C14H24N4O3S2/c1-11(2)23(20,21)18-8-6-17(7-9-18)5-4-15-14(19)13-10-22-12(3)16-13/h10-11H,4-9H2,1-3H3,(H,15,19). The Morgan fingerprint density at radius 1 is 1.35 bits per heavy atom. The molecule has 0 unspecified atom stereocenters. The number of nitrogens with one attached hydrogen (secondary N) is 1. The Balaban J connectivity index is 1.72. The van der Waals surface area contributed by atoms with Crippen molar-refractivity contribution in [2.24, 2.45) is 0 Å². The lowest BCUT2D eigenvalue weighted by Crippen LogP contribution is -2.51. The lowest BCUT2D eigenvalue weighted by molar-refractivity contribution is 0.0940. The van der Waals surface area contributed by atoms with Gasteiger partial charge in [-0.2, -0.15) is 4.31 Å². The molecular formula is C14H24N4O3S2. The average molecular weight is 361 g/mol. The second-order valence-electron chi connectivity index (χ2n) is 5.84. The van der Waals surface area contributed by atoms with Crippen molar-refractivity contribution in [3.05, 3.63) is 16.1 Å². The number of carbonyl (C=O) groups excluding carboxylic acids is 1. The van der Waals surface area contributed by atoms with Crippen molar-refractivity contribution in [3.63, 3.8) is 0 Å². The Morgan fingerprint density at radius 3 is 2.52 bits per heavy atom. The number of thiazole rings is 1. The summed E-state index contributed by atoms with van der Waals surface area (Å²) in [6.45, 7) is 8.94. The first-order chi connectivity index (χ1) is 10.8. The zero-order valence-corrected chi connectivity index (χ0v) is 15.4. The fourth-order valence-electron chi connectivity index (χ4n) is 2.39. The second kappa shape index (κ2) is 7.69. The minimum Gasteiger partial charge on any atom is -0.349 e. The number of aryl methyl sites for hydroxylation is 1. The number of hydrogen-bond donors (Lipinski definition) is 1. The Hall–Kier alpha value is -1.03. The molecule has 0 spiro atoms. The summed E-state index contributed by atoms with van der Waals surface area (Å²) in [7, 11) is -3.16. The monoisotopic (exact) mass is 360 g/mol. The molecule has 9 heteroatoms. The Labute approximate surface area is 141 Å². The van der Waals surface area contributed by atoms with Crippen LogP contribution in [-0.2, 0) is 10.0 Å². The molecule has 0 bridgehead atoms. The number of nitrogens with zero attached hydrogens (tertiary/aromatic N) is 3. The molecule has 23 heavy (non-hydrogen) atoms. The van der Waals surface area contributed by atoms with Crippen LogP contribution in [0.5, 0.6) is 0 Å². The summed E-state index contributed by atoms with van der Waals surface area (Å²) in [5.41, 5.74) is 0.459. The van der Waals surface area contributed by atoms with Crippen LogP contribution in [0.3, 0.4) is 0 Å². The minimum absolute atomic E-state index is 0.157. The molecule has 0 aliphatic carbocycles. The first kappa shape index (κ1) is 18.3. The molecule has 0 aromatic carbocycles. The van der Waals surface area contributed by atoms with Gasteiger partial charge < -0.3 is 5.32 Å². The molecule has 0 saturated carbocycles. The largest absolute Gasteiger partial charge is 0.349 e. The number of rotatable bonds is 6. The van der Waals surface area contributed by atoms with E-state index in [1.807, 2.05) is 6.92 Å². The molecule has 7 nitrogen and oxygen atoms in total. The first-order valence-corrected chi connectivity index (χ1v) is 10.1. The maximum absolute atomic E-state index is 12.1.